The standard InChI is InChI=1S/C21H20ClFN4O3/c1-13-17(12-25-27(13)16-6-4-15(23)5-7-16)21(29)26-19-11-14(3-8-18(19)22)20(28)24-9-10-30-2/h3-8,11-12H,9-10H2,1-2H3,(H,24,28)(H,26,29). The summed E-state index contributed by atoms with van der Waals surface area (Å²) in [5.74, 6) is -1.10. The van der Waals surface area contributed by atoms with E-state index in [0.717, 1.165) is 0 Å². The molecule has 0 aliphatic rings. The Balaban J connectivity index is 1.78. The number of carbonyl (C=O) groups excluding carboxylic acids is 2. The molecule has 7 nitrogen and oxygen atoms in total. The molecule has 30 heavy (non-hydrogen) atoms. The molecule has 0 fully saturated rings. The zero-order valence-corrected chi connectivity index (χ0v) is 17.2. The highest BCUT2D eigenvalue weighted by Gasteiger charge is 2.17. The number of carbonyl (C=O) groups is 2. The molecule has 3 aromatic rings. The van der Waals surface area contributed by atoms with Gasteiger partial charge < -0.3 is 15.4 Å². The quantitative estimate of drug-likeness (QED) is 0.561. The monoisotopic (exact) mass is 430 g/mol. The van der Waals surface area contributed by atoms with Gasteiger partial charge in [0.25, 0.3) is 11.8 Å². The van der Waals surface area contributed by atoms with Gasteiger partial charge in [-0.2, -0.15) is 5.10 Å². The van der Waals surface area contributed by atoms with E-state index in [-0.39, 0.29) is 11.7 Å². The maximum absolute atomic E-state index is 13.2. The van der Waals surface area contributed by atoms with Crippen molar-refractivity contribution in [2.45, 2.75) is 6.92 Å². The van der Waals surface area contributed by atoms with Crippen LogP contribution in [0.15, 0.2) is 48.7 Å². The zero-order chi connectivity index (χ0) is 21.7. The van der Waals surface area contributed by atoms with Crippen LogP contribution in [0.3, 0.4) is 0 Å². The van der Waals surface area contributed by atoms with E-state index in [0.29, 0.717) is 46.4 Å². The Labute approximate surface area is 177 Å². The van der Waals surface area contributed by atoms with Crippen molar-refractivity contribution in [1.29, 1.82) is 0 Å². The Morgan fingerprint density at radius 2 is 1.90 bits per heavy atom. The van der Waals surface area contributed by atoms with Crippen LogP contribution in [0.4, 0.5) is 10.1 Å². The van der Waals surface area contributed by atoms with Crippen molar-refractivity contribution in [3.63, 3.8) is 0 Å². The molecule has 1 aromatic heterocycles. The largest absolute Gasteiger partial charge is 0.383 e. The Hall–Kier alpha value is -3.23. The molecular weight excluding hydrogens is 411 g/mol. The molecule has 2 aromatic carbocycles. The maximum atomic E-state index is 13.2. The first-order chi connectivity index (χ1) is 14.4. The summed E-state index contributed by atoms with van der Waals surface area (Å²) in [7, 11) is 1.54. The molecule has 2 N–H and O–H groups in total. The number of ether oxygens (including phenoxy) is 1. The van der Waals surface area contributed by atoms with Crippen LogP contribution in [-0.4, -0.2) is 41.9 Å². The van der Waals surface area contributed by atoms with Crippen LogP contribution in [0.2, 0.25) is 5.02 Å². The van der Waals surface area contributed by atoms with E-state index in [1.54, 1.807) is 32.2 Å². The second kappa shape index (κ2) is 9.51. The van der Waals surface area contributed by atoms with Crippen molar-refractivity contribution in [3.8, 4) is 5.69 Å². The highest BCUT2D eigenvalue weighted by atomic mass is 35.5. The van der Waals surface area contributed by atoms with Gasteiger partial charge in [-0.1, -0.05) is 11.6 Å². The third-order valence-electron chi connectivity index (χ3n) is 4.39. The van der Waals surface area contributed by atoms with Crippen LogP contribution < -0.4 is 10.6 Å². The molecule has 0 bridgehead atoms. The number of anilines is 1. The van der Waals surface area contributed by atoms with E-state index >= 15 is 0 Å². The van der Waals surface area contributed by atoms with Gasteiger partial charge in [0.05, 0.1) is 40.5 Å². The Morgan fingerprint density at radius 1 is 1.17 bits per heavy atom. The average Bonchev–Trinajstić information content (AvgIpc) is 3.11. The number of rotatable bonds is 7. The fraction of sp³-hybridized carbons (Fsp3) is 0.190. The molecule has 2 amide bonds. The van der Waals surface area contributed by atoms with Crippen molar-refractivity contribution in [3.05, 3.63) is 76.3 Å². The summed E-state index contributed by atoms with van der Waals surface area (Å²) in [6.45, 7) is 2.48. The number of amides is 2. The Kier molecular flexibility index (Phi) is 6.81. The van der Waals surface area contributed by atoms with E-state index in [2.05, 4.69) is 15.7 Å². The summed E-state index contributed by atoms with van der Waals surface area (Å²) in [6.07, 6.45) is 1.42. The fourth-order valence-corrected chi connectivity index (χ4v) is 2.96. The number of nitrogens with one attached hydrogen (secondary N) is 2. The predicted octanol–water partition coefficient (Wildman–Crippen LogP) is 3.60. The van der Waals surface area contributed by atoms with Crippen LogP contribution in [0, 0.1) is 12.7 Å². The lowest BCUT2D eigenvalue weighted by Crippen LogP contribution is -2.27. The molecule has 0 atom stereocenters. The van der Waals surface area contributed by atoms with Gasteiger partial charge in [-0.25, -0.2) is 9.07 Å². The minimum absolute atomic E-state index is 0.292. The normalized spacial score (nSPS) is 10.7. The number of aromatic nitrogens is 2. The molecular formula is C21H20ClFN4O3. The van der Waals surface area contributed by atoms with E-state index in [1.807, 2.05) is 0 Å². The Bertz CT molecular complexity index is 1070. The van der Waals surface area contributed by atoms with Gasteiger partial charge >= 0.3 is 0 Å². The minimum Gasteiger partial charge on any atom is -0.383 e. The molecule has 0 spiro atoms. The van der Waals surface area contributed by atoms with Crippen LogP contribution in [0.1, 0.15) is 26.4 Å². The number of hydrogen-bond donors (Lipinski definition) is 2. The molecule has 0 unspecified atom stereocenters. The summed E-state index contributed by atoms with van der Waals surface area (Å²) in [4.78, 5) is 25.0. The fourth-order valence-electron chi connectivity index (χ4n) is 2.80. The van der Waals surface area contributed by atoms with Crippen molar-refractivity contribution in [2.75, 3.05) is 25.6 Å². The van der Waals surface area contributed by atoms with E-state index < -0.39 is 5.91 Å². The maximum Gasteiger partial charge on any atom is 0.259 e. The number of halogens is 2. The molecule has 9 heteroatoms. The van der Waals surface area contributed by atoms with E-state index in [9.17, 15) is 14.0 Å². The second-order valence-corrected chi connectivity index (χ2v) is 6.84. The van der Waals surface area contributed by atoms with Crippen LogP contribution in [0.25, 0.3) is 5.69 Å². The number of benzene rings is 2. The van der Waals surface area contributed by atoms with Crippen LogP contribution in [0.5, 0.6) is 0 Å². The summed E-state index contributed by atoms with van der Waals surface area (Å²) < 4.78 is 19.6. The number of hydrogen-bond acceptors (Lipinski definition) is 4. The smallest absolute Gasteiger partial charge is 0.259 e. The van der Waals surface area contributed by atoms with E-state index in [4.69, 9.17) is 16.3 Å². The molecule has 3 rings (SSSR count). The molecule has 0 aliphatic heterocycles. The molecule has 0 aliphatic carbocycles. The lowest BCUT2D eigenvalue weighted by Gasteiger charge is -2.10. The Morgan fingerprint density at radius 3 is 2.60 bits per heavy atom. The molecule has 0 saturated heterocycles. The average molecular weight is 431 g/mol. The highest BCUT2D eigenvalue weighted by molar-refractivity contribution is 6.34. The van der Waals surface area contributed by atoms with Crippen LogP contribution >= 0.6 is 11.6 Å². The van der Waals surface area contributed by atoms with Gasteiger partial charge in [0.2, 0.25) is 0 Å². The molecule has 0 radical (unpaired) electrons. The number of methoxy groups -OCH3 is 1. The van der Waals surface area contributed by atoms with Crippen molar-refractivity contribution in [2.24, 2.45) is 0 Å². The first-order valence-corrected chi connectivity index (χ1v) is 9.47. The third kappa shape index (κ3) is 4.84. The lowest BCUT2D eigenvalue weighted by molar-refractivity contribution is 0.0936. The first kappa shape index (κ1) is 21.5. The molecule has 1 heterocycles. The lowest BCUT2D eigenvalue weighted by atomic mass is 10.1. The zero-order valence-electron chi connectivity index (χ0n) is 16.4. The SMILES string of the molecule is COCCNC(=O)c1ccc(Cl)c(NC(=O)c2cnn(-c3ccc(F)cc3)c2C)c1. The predicted molar refractivity (Wildman–Crippen MR) is 112 cm³/mol. The van der Waals surface area contributed by atoms with Crippen molar-refractivity contribution >= 4 is 29.1 Å². The molecule has 0 saturated carbocycles. The highest BCUT2D eigenvalue weighted by Crippen LogP contribution is 2.24. The first-order valence-electron chi connectivity index (χ1n) is 9.09. The third-order valence-corrected chi connectivity index (χ3v) is 4.72. The van der Waals surface area contributed by atoms with Crippen LogP contribution in [-0.2, 0) is 4.74 Å². The van der Waals surface area contributed by atoms with Gasteiger partial charge in [-0.05, 0) is 49.4 Å². The van der Waals surface area contributed by atoms with Gasteiger partial charge in [0.15, 0.2) is 0 Å². The topological polar surface area (TPSA) is 85.2 Å². The summed E-state index contributed by atoms with van der Waals surface area (Å²) >= 11 is 6.19. The summed E-state index contributed by atoms with van der Waals surface area (Å²) in [6, 6.07) is 10.4. The van der Waals surface area contributed by atoms with Gasteiger partial charge in [0.1, 0.15) is 5.82 Å². The van der Waals surface area contributed by atoms with Gasteiger partial charge in [-0.3, -0.25) is 9.59 Å². The van der Waals surface area contributed by atoms with Crippen molar-refractivity contribution < 1.29 is 18.7 Å². The van der Waals surface area contributed by atoms with Crippen molar-refractivity contribution in [1.82, 2.24) is 15.1 Å². The van der Waals surface area contributed by atoms with Gasteiger partial charge in [-0.15, -0.1) is 0 Å². The van der Waals surface area contributed by atoms with Gasteiger partial charge in [0, 0.05) is 19.2 Å². The summed E-state index contributed by atoms with van der Waals surface area (Å²) in [5, 5.41) is 9.93. The van der Waals surface area contributed by atoms with E-state index in [1.165, 1.54) is 35.1 Å². The number of nitrogens with zero attached hydrogens (tertiary/aromatic N) is 2. The second-order valence-electron chi connectivity index (χ2n) is 6.43. The minimum atomic E-state index is -0.431. The summed E-state index contributed by atoms with van der Waals surface area (Å²) in [5.41, 5.74) is 2.18. The molecule has 156 valence electrons.